The summed E-state index contributed by atoms with van der Waals surface area (Å²) in [5, 5.41) is 3.40. The first-order valence-corrected chi connectivity index (χ1v) is 6.34. The van der Waals surface area contributed by atoms with Crippen LogP contribution in [-0.4, -0.2) is 19.8 Å². The van der Waals surface area contributed by atoms with E-state index in [1.165, 1.54) is 12.1 Å². The molecule has 2 nitrogen and oxygen atoms in total. The molecule has 0 saturated carbocycles. The van der Waals surface area contributed by atoms with E-state index in [0.29, 0.717) is 13.2 Å². The first-order chi connectivity index (χ1) is 8.63. The number of halogens is 1. The maximum atomic E-state index is 12.8. The molecule has 3 heteroatoms. The summed E-state index contributed by atoms with van der Waals surface area (Å²) in [5.41, 5.74) is 2.14. The van der Waals surface area contributed by atoms with Crippen molar-refractivity contribution in [2.45, 2.75) is 26.3 Å². The SMILES string of the molecule is C=C(C)COCCNC(CC)c1ccc(F)cc1. The first kappa shape index (κ1) is 14.9. The van der Waals surface area contributed by atoms with E-state index < -0.39 is 0 Å². The fraction of sp³-hybridized carbons (Fsp3) is 0.467. The molecule has 1 aromatic carbocycles. The molecule has 0 amide bonds. The second kappa shape index (κ2) is 8.01. The van der Waals surface area contributed by atoms with E-state index in [1.54, 1.807) is 0 Å². The standard InChI is InChI=1S/C15H22FNO/c1-4-15(13-5-7-14(16)8-6-13)17-9-10-18-11-12(2)3/h5-8,15,17H,2,4,9-11H2,1,3H3. The summed E-state index contributed by atoms with van der Waals surface area (Å²) >= 11 is 0. The lowest BCUT2D eigenvalue weighted by molar-refractivity contribution is 0.155. The number of benzene rings is 1. The Morgan fingerprint density at radius 2 is 2.06 bits per heavy atom. The Morgan fingerprint density at radius 1 is 1.39 bits per heavy atom. The third-order valence-electron chi connectivity index (χ3n) is 2.67. The van der Waals surface area contributed by atoms with E-state index in [0.717, 1.165) is 24.1 Å². The van der Waals surface area contributed by atoms with Crippen LogP contribution in [0.5, 0.6) is 0 Å². The summed E-state index contributed by atoms with van der Waals surface area (Å²) in [5.74, 6) is -0.196. The molecular weight excluding hydrogens is 229 g/mol. The van der Waals surface area contributed by atoms with Gasteiger partial charge in [0.15, 0.2) is 0 Å². The van der Waals surface area contributed by atoms with E-state index in [2.05, 4.69) is 18.8 Å². The molecule has 1 aromatic rings. The molecule has 1 rings (SSSR count). The topological polar surface area (TPSA) is 21.3 Å². The Bertz CT molecular complexity index is 361. The molecule has 0 aliphatic heterocycles. The highest BCUT2D eigenvalue weighted by molar-refractivity contribution is 5.19. The minimum Gasteiger partial charge on any atom is -0.376 e. The Kier molecular flexibility index (Phi) is 6.61. The van der Waals surface area contributed by atoms with Gasteiger partial charge in [0.25, 0.3) is 0 Å². The highest BCUT2D eigenvalue weighted by Crippen LogP contribution is 2.16. The molecule has 100 valence electrons. The highest BCUT2D eigenvalue weighted by atomic mass is 19.1. The largest absolute Gasteiger partial charge is 0.376 e. The van der Waals surface area contributed by atoms with Gasteiger partial charge in [0.05, 0.1) is 13.2 Å². The van der Waals surface area contributed by atoms with Crippen molar-refractivity contribution in [3.63, 3.8) is 0 Å². The number of rotatable bonds is 8. The average molecular weight is 251 g/mol. The minimum atomic E-state index is -0.196. The summed E-state index contributed by atoms with van der Waals surface area (Å²) in [6, 6.07) is 6.89. The third kappa shape index (κ3) is 5.43. The van der Waals surface area contributed by atoms with Gasteiger partial charge >= 0.3 is 0 Å². The number of ether oxygens (including phenoxy) is 1. The van der Waals surface area contributed by atoms with Crippen LogP contribution in [0.3, 0.4) is 0 Å². The summed E-state index contributed by atoms with van der Waals surface area (Å²) < 4.78 is 18.3. The van der Waals surface area contributed by atoms with Crippen LogP contribution in [-0.2, 0) is 4.74 Å². The molecule has 1 unspecified atom stereocenters. The minimum absolute atomic E-state index is 0.196. The van der Waals surface area contributed by atoms with Crippen molar-refractivity contribution >= 4 is 0 Å². The fourth-order valence-corrected chi connectivity index (χ4v) is 1.74. The second-order valence-corrected chi connectivity index (χ2v) is 4.48. The van der Waals surface area contributed by atoms with Crippen LogP contribution in [0.1, 0.15) is 31.9 Å². The van der Waals surface area contributed by atoms with E-state index in [1.807, 2.05) is 19.1 Å². The second-order valence-electron chi connectivity index (χ2n) is 4.48. The van der Waals surface area contributed by atoms with Crippen LogP contribution < -0.4 is 5.32 Å². The van der Waals surface area contributed by atoms with E-state index in [9.17, 15) is 4.39 Å². The van der Waals surface area contributed by atoms with Crippen LogP contribution >= 0.6 is 0 Å². The molecule has 1 atom stereocenters. The van der Waals surface area contributed by atoms with Crippen molar-refractivity contribution in [1.82, 2.24) is 5.32 Å². The van der Waals surface area contributed by atoms with Crippen LogP contribution in [0.15, 0.2) is 36.4 Å². The first-order valence-electron chi connectivity index (χ1n) is 6.34. The van der Waals surface area contributed by atoms with Crippen molar-refractivity contribution in [2.24, 2.45) is 0 Å². The molecule has 0 spiro atoms. The lowest BCUT2D eigenvalue weighted by Crippen LogP contribution is -2.25. The van der Waals surface area contributed by atoms with Gasteiger partial charge < -0.3 is 10.1 Å². The highest BCUT2D eigenvalue weighted by Gasteiger charge is 2.07. The molecule has 0 saturated heterocycles. The van der Waals surface area contributed by atoms with Crippen LogP contribution in [0.25, 0.3) is 0 Å². The summed E-state index contributed by atoms with van der Waals surface area (Å²) in [4.78, 5) is 0. The third-order valence-corrected chi connectivity index (χ3v) is 2.67. The number of nitrogens with one attached hydrogen (secondary N) is 1. The Hall–Kier alpha value is -1.19. The van der Waals surface area contributed by atoms with Crippen molar-refractivity contribution in [3.05, 3.63) is 47.8 Å². The lowest BCUT2D eigenvalue weighted by atomic mass is 10.0. The summed E-state index contributed by atoms with van der Waals surface area (Å²) in [7, 11) is 0. The maximum Gasteiger partial charge on any atom is 0.123 e. The van der Waals surface area contributed by atoms with Crippen LogP contribution in [0.4, 0.5) is 4.39 Å². The van der Waals surface area contributed by atoms with Gasteiger partial charge in [-0.15, -0.1) is 0 Å². The van der Waals surface area contributed by atoms with E-state index in [-0.39, 0.29) is 11.9 Å². The molecule has 0 aliphatic carbocycles. The van der Waals surface area contributed by atoms with Gasteiger partial charge in [0, 0.05) is 12.6 Å². The molecular formula is C15H22FNO. The quantitative estimate of drug-likeness (QED) is 0.564. The normalized spacial score (nSPS) is 12.4. The summed E-state index contributed by atoms with van der Waals surface area (Å²) in [6.45, 7) is 9.88. The summed E-state index contributed by atoms with van der Waals surface area (Å²) in [6.07, 6.45) is 0.964. The molecule has 0 heterocycles. The van der Waals surface area contributed by atoms with Gasteiger partial charge in [-0.2, -0.15) is 0 Å². The Morgan fingerprint density at radius 3 is 2.61 bits per heavy atom. The monoisotopic (exact) mass is 251 g/mol. The van der Waals surface area contributed by atoms with Gasteiger partial charge in [0.2, 0.25) is 0 Å². The van der Waals surface area contributed by atoms with Crippen molar-refractivity contribution in [3.8, 4) is 0 Å². The smallest absolute Gasteiger partial charge is 0.123 e. The Balaban J connectivity index is 2.33. The Labute approximate surface area is 109 Å². The van der Waals surface area contributed by atoms with Crippen molar-refractivity contribution < 1.29 is 9.13 Å². The van der Waals surface area contributed by atoms with Gasteiger partial charge in [-0.3, -0.25) is 0 Å². The molecule has 0 fully saturated rings. The van der Waals surface area contributed by atoms with Gasteiger partial charge in [0.1, 0.15) is 5.82 Å². The van der Waals surface area contributed by atoms with Crippen LogP contribution in [0.2, 0.25) is 0 Å². The van der Waals surface area contributed by atoms with Gasteiger partial charge in [-0.1, -0.05) is 31.2 Å². The zero-order valence-electron chi connectivity index (χ0n) is 11.2. The predicted molar refractivity (Wildman–Crippen MR) is 73.1 cm³/mol. The molecule has 1 N–H and O–H groups in total. The number of hydrogen-bond donors (Lipinski definition) is 1. The van der Waals surface area contributed by atoms with Crippen molar-refractivity contribution in [1.29, 1.82) is 0 Å². The predicted octanol–water partition coefficient (Wildman–Crippen LogP) is 3.46. The average Bonchev–Trinajstić information content (AvgIpc) is 2.35. The fourth-order valence-electron chi connectivity index (χ4n) is 1.74. The maximum absolute atomic E-state index is 12.8. The van der Waals surface area contributed by atoms with Crippen molar-refractivity contribution in [2.75, 3.05) is 19.8 Å². The molecule has 0 aromatic heterocycles. The van der Waals surface area contributed by atoms with E-state index >= 15 is 0 Å². The number of hydrogen-bond acceptors (Lipinski definition) is 2. The van der Waals surface area contributed by atoms with Gasteiger partial charge in [-0.05, 0) is 31.0 Å². The van der Waals surface area contributed by atoms with E-state index in [4.69, 9.17) is 4.74 Å². The molecule has 0 aliphatic rings. The molecule has 0 radical (unpaired) electrons. The molecule has 18 heavy (non-hydrogen) atoms. The van der Waals surface area contributed by atoms with Crippen LogP contribution in [0, 0.1) is 5.82 Å². The van der Waals surface area contributed by atoms with Gasteiger partial charge in [-0.25, -0.2) is 4.39 Å². The zero-order valence-corrected chi connectivity index (χ0v) is 11.2. The molecule has 0 bridgehead atoms. The zero-order chi connectivity index (χ0) is 13.4. The lowest BCUT2D eigenvalue weighted by Gasteiger charge is -2.17.